The lowest BCUT2D eigenvalue weighted by Gasteiger charge is -2.30. The molecule has 0 spiro atoms. The summed E-state index contributed by atoms with van der Waals surface area (Å²) in [5.74, 6) is 0.436. The van der Waals surface area contributed by atoms with Crippen LogP contribution in [0.15, 0.2) is 0 Å². The fourth-order valence-corrected chi connectivity index (χ4v) is 2.94. The lowest BCUT2D eigenvalue weighted by atomic mass is 9.90. The standard InChI is InChI=1S/C13H25N2O/c16-13(12-4-7-14-8-5-12)6-11-15-9-2-1-3-10-15/h12-14H,1-11H2. The first-order valence-corrected chi connectivity index (χ1v) is 6.95. The summed E-state index contributed by atoms with van der Waals surface area (Å²) in [6.07, 6.45) is 6.77. The predicted molar refractivity (Wildman–Crippen MR) is 65.0 cm³/mol. The zero-order valence-corrected chi connectivity index (χ0v) is 10.3. The second-order valence-corrected chi connectivity index (χ2v) is 5.32. The molecule has 2 fully saturated rings. The van der Waals surface area contributed by atoms with E-state index in [2.05, 4.69) is 10.2 Å². The maximum Gasteiger partial charge on any atom is 0.0971 e. The molecule has 0 aromatic heterocycles. The maximum absolute atomic E-state index is 12.1. The molecule has 2 rings (SSSR count). The molecule has 3 nitrogen and oxygen atoms in total. The highest BCUT2D eigenvalue weighted by atomic mass is 16.3. The van der Waals surface area contributed by atoms with Gasteiger partial charge < -0.3 is 10.2 Å². The van der Waals surface area contributed by atoms with E-state index in [1.54, 1.807) is 0 Å². The molecule has 2 heterocycles. The van der Waals surface area contributed by atoms with Gasteiger partial charge in [0.25, 0.3) is 0 Å². The van der Waals surface area contributed by atoms with E-state index in [-0.39, 0.29) is 6.10 Å². The van der Waals surface area contributed by atoms with Gasteiger partial charge >= 0.3 is 0 Å². The van der Waals surface area contributed by atoms with Gasteiger partial charge in [-0.3, -0.25) is 0 Å². The second-order valence-electron chi connectivity index (χ2n) is 5.32. The summed E-state index contributed by atoms with van der Waals surface area (Å²) in [6.45, 7) is 5.58. The SMILES string of the molecule is [O]C(CCN1CCCCC1)C1CCNCC1. The van der Waals surface area contributed by atoms with Gasteiger partial charge in [0.1, 0.15) is 0 Å². The predicted octanol–water partition coefficient (Wildman–Crippen LogP) is 1.66. The maximum atomic E-state index is 12.1. The smallest absolute Gasteiger partial charge is 0.0971 e. The fourth-order valence-electron chi connectivity index (χ4n) is 2.94. The van der Waals surface area contributed by atoms with Crippen LogP contribution in [-0.2, 0) is 5.11 Å². The number of hydrogen-bond acceptors (Lipinski definition) is 2. The molecular formula is C13H25N2O. The van der Waals surface area contributed by atoms with E-state index in [1.165, 1.54) is 32.4 Å². The molecule has 2 aliphatic heterocycles. The first-order chi connectivity index (χ1) is 7.86. The number of hydrogen-bond donors (Lipinski definition) is 1. The highest BCUT2D eigenvalue weighted by molar-refractivity contribution is 4.76. The van der Waals surface area contributed by atoms with Crippen molar-refractivity contribution in [3.8, 4) is 0 Å². The van der Waals surface area contributed by atoms with Crippen molar-refractivity contribution in [3.05, 3.63) is 0 Å². The quantitative estimate of drug-likeness (QED) is 0.790. The number of nitrogens with one attached hydrogen (secondary N) is 1. The van der Waals surface area contributed by atoms with E-state index in [9.17, 15) is 5.11 Å². The normalized spacial score (nSPS) is 26.8. The van der Waals surface area contributed by atoms with Crippen LogP contribution in [0.5, 0.6) is 0 Å². The van der Waals surface area contributed by atoms with E-state index in [0.29, 0.717) is 5.92 Å². The number of nitrogens with zero attached hydrogens (tertiary/aromatic N) is 1. The van der Waals surface area contributed by atoms with Crippen molar-refractivity contribution in [2.24, 2.45) is 5.92 Å². The summed E-state index contributed by atoms with van der Waals surface area (Å²) in [7, 11) is 0. The lowest BCUT2D eigenvalue weighted by Crippen LogP contribution is -2.37. The number of piperidine rings is 2. The summed E-state index contributed by atoms with van der Waals surface area (Å²) < 4.78 is 0. The summed E-state index contributed by atoms with van der Waals surface area (Å²) in [6, 6.07) is 0. The molecule has 2 saturated heterocycles. The minimum absolute atomic E-state index is 0.316. The Kier molecular flexibility index (Phi) is 5.07. The van der Waals surface area contributed by atoms with Crippen LogP contribution in [0.3, 0.4) is 0 Å². The van der Waals surface area contributed by atoms with Crippen LogP contribution in [0.1, 0.15) is 38.5 Å². The average Bonchev–Trinajstić information content (AvgIpc) is 2.38. The van der Waals surface area contributed by atoms with Crippen LogP contribution in [-0.4, -0.2) is 43.7 Å². The highest BCUT2D eigenvalue weighted by Crippen LogP contribution is 2.20. The minimum Gasteiger partial charge on any atom is -0.317 e. The molecule has 1 unspecified atom stereocenters. The molecule has 93 valence electrons. The second kappa shape index (κ2) is 6.58. The summed E-state index contributed by atoms with van der Waals surface area (Å²) in [5, 5.41) is 15.4. The van der Waals surface area contributed by atoms with Gasteiger partial charge in [-0.05, 0) is 64.2 Å². The van der Waals surface area contributed by atoms with E-state index in [4.69, 9.17) is 0 Å². The molecule has 1 N–H and O–H groups in total. The van der Waals surface area contributed by atoms with E-state index < -0.39 is 0 Å². The Balaban J connectivity index is 1.63. The lowest BCUT2D eigenvalue weighted by molar-refractivity contribution is 0.00949. The topological polar surface area (TPSA) is 35.2 Å². The van der Waals surface area contributed by atoms with Crippen LogP contribution in [0.2, 0.25) is 0 Å². The van der Waals surface area contributed by atoms with Gasteiger partial charge in [-0.2, -0.15) is 0 Å². The van der Waals surface area contributed by atoms with Gasteiger partial charge in [-0.1, -0.05) is 6.42 Å². The van der Waals surface area contributed by atoms with E-state index >= 15 is 0 Å². The zero-order chi connectivity index (χ0) is 11.2. The van der Waals surface area contributed by atoms with Crippen molar-refractivity contribution in [3.63, 3.8) is 0 Å². The van der Waals surface area contributed by atoms with Crippen molar-refractivity contribution in [1.29, 1.82) is 0 Å². The van der Waals surface area contributed by atoms with Crippen LogP contribution < -0.4 is 5.32 Å². The Morgan fingerprint density at radius 1 is 1.12 bits per heavy atom. The van der Waals surface area contributed by atoms with Gasteiger partial charge in [-0.25, -0.2) is 5.11 Å². The molecule has 1 atom stereocenters. The summed E-state index contributed by atoms with van der Waals surface area (Å²) in [4.78, 5) is 2.48. The molecule has 3 heteroatoms. The highest BCUT2D eigenvalue weighted by Gasteiger charge is 2.23. The molecule has 0 bridgehead atoms. The molecule has 0 aliphatic carbocycles. The Morgan fingerprint density at radius 2 is 1.81 bits per heavy atom. The monoisotopic (exact) mass is 225 g/mol. The average molecular weight is 225 g/mol. The first kappa shape index (κ1) is 12.3. The Hall–Kier alpha value is -0.120. The molecular weight excluding hydrogens is 200 g/mol. The fraction of sp³-hybridized carbons (Fsp3) is 1.00. The third-order valence-corrected chi connectivity index (χ3v) is 4.09. The third kappa shape index (κ3) is 3.72. The largest absolute Gasteiger partial charge is 0.317 e. The van der Waals surface area contributed by atoms with Crippen LogP contribution >= 0.6 is 0 Å². The Bertz CT molecular complexity index is 186. The summed E-state index contributed by atoms with van der Waals surface area (Å²) in [5.41, 5.74) is 0. The third-order valence-electron chi connectivity index (χ3n) is 4.09. The molecule has 0 aromatic rings. The molecule has 16 heavy (non-hydrogen) atoms. The van der Waals surface area contributed by atoms with Gasteiger partial charge in [-0.15, -0.1) is 0 Å². The number of rotatable bonds is 4. The van der Waals surface area contributed by atoms with Gasteiger partial charge in [0, 0.05) is 6.54 Å². The van der Waals surface area contributed by atoms with Gasteiger partial charge in [0.15, 0.2) is 0 Å². The van der Waals surface area contributed by atoms with Crippen molar-refractivity contribution < 1.29 is 5.11 Å². The van der Waals surface area contributed by atoms with Gasteiger partial charge in [0.2, 0.25) is 0 Å². The number of likely N-dealkylation sites (tertiary alicyclic amines) is 1. The Morgan fingerprint density at radius 3 is 2.50 bits per heavy atom. The summed E-state index contributed by atoms with van der Waals surface area (Å²) >= 11 is 0. The van der Waals surface area contributed by atoms with Crippen molar-refractivity contribution >= 4 is 0 Å². The van der Waals surface area contributed by atoms with Crippen LogP contribution in [0.25, 0.3) is 0 Å². The molecule has 1 radical (unpaired) electrons. The molecule has 0 aromatic carbocycles. The van der Waals surface area contributed by atoms with E-state index in [0.717, 1.165) is 38.9 Å². The molecule has 2 aliphatic rings. The zero-order valence-electron chi connectivity index (χ0n) is 10.3. The van der Waals surface area contributed by atoms with Crippen molar-refractivity contribution in [1.82, 2.24) is 10.2 Å². The van der Waals surface area contributed by atoms with Crippen LogP contribution in [0, 0.1) is 5.92 Å². The van der Waals surface area contributed by atoms with Crippen molar-refractivity contribution in [2.75, 3.05) is 32.7 Å². The van der Waals surface area contributed by atoms with Gasteiger partial charge in [0.05, 0.1) is 6.10 Å². The minimum atomic E-state index is -0.316. The van der Waals surface area contributed by atoms with Crippen molar-refractivity contribution in [2.45, 2.75) is 44.6 Å². The molecule has 0 amide bonds. The van der Waals surface area contributed by atoms with Crippen LogP contribution in [0.4, 0.5) is 0 Å². The Labute approximate surface area is 99.2 Å². The van der Waals surface area contributed by atoms with E-state index in [1.807, 2.05) is 0 Å². The first-order valence-electron chi connectivity index (χ1n) is 6.95. The molecule has 0 saturated carbocycles.